The Morgan fingerprint density at radius 3 is 2.71 bits per heavy atom. The lowest BCUT2D eigenvalue weighted by molar-refractivity contribution is -0.132. The van der Waals surface area contributed by atoms with Gasteiger partial charge in [0.2, 0.25) is 0 Å². The van der Waals surface area contributed by atoms with Gasteiger partial charge in [0.05, 0.1) is 11.2 Å². The quantitative estimate of drug-likeness (QED) is 0.779. The van der Waals surface area contributed by atoms with Crippen LogP contribution in [0.5, 0.6) is 5.75 Å². The van der Waals surface area contributed by atoms with Crippen molar-refractivity contribution in [2.75, 3.05) is 17.4 Å². The number of anilines is 2. The smallest absolute Gasteiger partial charge is 0.270 e. The highest BCUT2D eigenvalue weighted by Gasteiger charge is 2.39. The number of carbonyl (C=O) groups is 1. The van der Waals surface area contributed by atoms with E-state index in [4.69, 9.17) is 4.74 Å². The van der Waals surface area contributed by atoms with Crippen LogP contribution in [-0.2, 0) is 4.79 Å². The molecule has 0 saturated carbocycles. The number of aromatic nitrogens is 2. The average Bonchev–Trinajstić information content (AvgIpc) is 2.42. The van der Waals surface area contributed by atoms with Gasteiger partial charge >= 0.3 is 0 Å². The van der Waals surface area contributed by atoms with Crippen molar-refractivity contribution in [1.82, 2.24) is 9.97 Å². The van der Waals surface area contributed by atoms with Crippen LogP contribution >= 0.6 is 0 Å². The summed E-state index contributed by atoms with van der Waals surface area (Å²) in [5, 5.41) is 9.83. The van der Waals surface area contributed by atoms with Gasteiger partial charge in [-0.2, -0.15) is 0 Å². The van der Waals surface area contributed by atoms with Crippen LogP contribution in [0.1, 0.15) is 19.7 Å². The van der Waals surface area contributed by atoms with Crippen LogP contribution in [0.4, 0.5) is 11.5 Å². The van der Waals surface area contributed by atoms with Crippen LogP contribution < -0.4 is 15.1 Å². The summed E-state index contributed by atoms with van der Waals surface area (Å²) in [4.78, 5) is 22.3. The number of fused-ring (bicyclic) bond motifs is 2. The molecule has 0 bridgehead atoms. The minimum absolute atomic E-state index is 0.138. The molecule has 0 unspecified atom stereocenters. The molecule has 110 valence electrons. The van der Waals surface area contributed by atoms with Crippen LogP contribution in [0, 0.1) is 6.92 Å². The number of likely N-dealkylation sites (N-methyl/N-ethyl adjacent to an activating group) is 1. The lowest BCUT2D eigenvalue weighted by Gasteiger charge is -2.37. The highest BCUT2D eigenvalue weighted by atomic mass is 16.5. The van der Waals surface area contributed by atoms with E-state index in [1.165, 1.54) is 0 Å². The van der Waals surface area contributed by atoms with Gasteiger partial charge in [0.15, 0.2) is 11.4 Å². The van der Waals surface area contributed by atoms with Crippen molar-refractivity contribution >= 4 is 28.3 Å². The summed E-state index contributed by atoms with van der Waals surface area (Å²) in [6.07, 6.45) is 0. The first-order valence-corrected chi connectivity index (χ1v) is 6.53. The molecule has 0 saturated heterocycles. The molecule has 1 aromatic carbocycles. The van der Waals surface area contributed by atoms with Crippen LogP contribution in [0.15, 0.2) is 12.1 Å². The number of aryl methyl sites for hydroxylation is 1. The number of hydrogen-bond acceptors (Lipinski definition) is 6. The Morgan fingerprint density at radius 1 is 1.33 bits per heavy atom. The highest BCUT2D eigenvalue weighted by molar-refractivity contribution is 6.05. The summed E-state index contributed by atoms with van der Waals surface area (Å²) in [6, 6.07) is 3.49. The molecule has 21 heavy (non-hydrogen) atoms. The zero-order valence-electron chi connectivity index (χ0n) is 12.3. The fourth-order valence-electron chi connectivity index (χ4n) is 2.52. The highest BCUT2D eigenvalue weighted by Crippen LogP contribution is 2.40. The molecule has 0 spiro atoms. The third-order valence-electron chi connectivity index (χ3n) is 3.54. The number of benzene rings is 1. The van der Waals surface area contributed by atoms with Gasteiger partial charge in [-0.15, -0.1) is 0 Å². The second-order valence-electron chi connectivity index (χ2n) is 5.54. The SMILES string of the molecule is Cc1nc(NO)c2cc3c(cc2n1)OC(C)(C)C(=O)N3C. The van der Waals surface area contributed by atoms with Crippen molar-refractivity contribution in [3.63, 3.8) is 0 Å². The lowest BCUT2D eigenvalue weighted by atomic mass is 10.0. The molecule has 2 heterocycles. The number of nitrogens with one attached hydrogen (secondary N) is 1. The monoisotopic (exact) mass is 288 g/mol. The maximum Gasteiger partial charge on any atom is 0.270 e. The molecular formula is C14H16N4O3. The van der Waals surface area contributed by atoms with E-state index in [1.807, 2.05) is 0 Å². The van der Waals surface area contributed by atoms with Crippen molar-refractivity contribution in [3.05, 3.63) is 18.0 Å². The van der Waals surface area contributed by atoms with E-state index < -0.39 is 5.60 Å². The summed E-state index contributed by atoms with van der Waals surface area (Å²) in [6.45, 7) is 5.19. The van der Waals surface area contributed by atoms with Crippen LogP contribution in [0.3, 0.4) is 0 Å². The Kier molecular flexibility index (Phi) is 2.77. The summed E-state index contributed by atoms with van der Waals surface area (Å²) in [7, 11) is 1.69. The average molecular weight is 288 g/mol. The molecular weight excluding hydrogens is 272 g/mol. The molecule has 1 aromatic heterocycles. The number of carbonyl (C=O) groups excluding carboxylic acids is 1. The third-order valence-corrected chi connectivity index (χ3v) is 3.54. The topological polar surface area (TPSA) is 87.6 Å². The molecule has 0 fully saturated rings. The maximum absolute atomic E-state index is 12.3. The Balaban J connectivity index is 2.29. The fourth-order valence-corrected chi connectivity index (χ4v) is 2.52. The molecule has 1 amide bonds. The molecule has 3 rings (SSSR count). The maximum atomic E-state index is 12.3. The molecule has 1 aliphatic rings. The van der Waals surface area contributed by atoms with Gasteiger partial charge in [0, 0.05) is 18.5 Å². The number of rotatable bonds is 1. The number of hydrogen-bond donors (Lipinski definition) is 2. The second-order valence-corrected chi connectivity index (χ2v) is 5.54. The van der Waals surface area contributed by atoms with Crippen molar-refractivity contribution in [2.24, 2.45) is 0 Å². The van der Waals surface area contributed by atoms with Crippen molar-refractivity contribution < 1.29 is 14.7 Å². The van der Waals surface area contributed by atoms with Crippen molar-refractivity contribution in [2.45, 2.75) is 26.4 Å². The minimum Gasteiger partial charge on any atom is -0.476 e. The van der Waals surface area contributed by atoms with Crippen molar-refractivity contribution in [1.29, 1.82) is 0 Å². The largest absolute Gasteiger partial charge is 0.476 e. The standard InChI is InChI=1S/C14H16N4O3/c1-7-15-9-6-11-10(5-8(9)12(16-7)17-20)18(4)13(19)14(2,3)21-11/h5-6,20H,1-4H3,(H,15,16,17). The van der Waals surface area contributed by atoms with Gasteiger partial charge in [-0.1, -0.05) is 0 Å². The van der Waals surface area contributed by atoms with Gasteiger partial charge < -0.3 is 9.64 Å². The van der Waals surface area contributed by atoms with Gasteiger partial charge in [-0.25, -0.2) is 9.97 Å². The lowest BCUT2D eigenvalue weighted by Crippen LogP contribution is -2.50. The summed E-state index contributed by atoms with van der Waals surface area (Å²) >= 11 is 0. The number of ether oxygens (including phenoxy) is 1. The predicted octanol–water partition coefficient (Wildman–Crippen LogP) is 1.87. The zero-order chi connectivity index (χ0) is 15.4. The summed E-state index contributed by atoms with van der Waals surface area (Å²) < 4.78 is 5.79. The van der Waals surface area contributed by atoms with Crippen LogP contribution in [0.25, 0.3) is 10.9 Å². The molecule has 7 heteroatoms. The summed E-state index contributed by atoms with van der Waals surface area (Å²) in [5.74, 6) is 1.27. The Labute approximate surface area is 121 Å². The predicted molar refractivity (Wildman–Crippen MR) is 77.8 cm³/mol. The fraction of sp³-hybridized carbons (Fsp3) is 0.357. The normalized spacial score (nSPS) is 16.6. The minimum atomic E-state index is -0.921. The number of amides is 1. The Morgan fingerprint density at radius 2 is 2.05 bits per heavy atom. The van der Waals surface area contributed by atoms with Gasteiger partial charge in [0.25, 0.3) is 5.91 Å². The second kappa shape index (κ2) is 4.29. The molecule has 0 atom stereocenters. The first-order chi connectivity index (χ1) is 9.83. The summed E-state index contributed by atoms with van der Waals surface area (Å²) in [5.41, 5.74) is 2.40. The van der Waals surface area contributed by atoms with Crippen LogP contribution in [0.2, 0.25) is 0 Å². The molecule has 7 nitrogen and oxygen atoms in total. The first kappa shape index (κ1) is 13.6. The molecule has 0 radical (unpaired) electrons. The van der Waals surface area contributed by atoms with Gasteiger partial charge in [0.1, 0.15) is 11.6 Å². The van der Waals surface area contributed by atoms with E-state index in [2.05, 4.69) is 15.4 Å². The molecule has 0 aliphatic carbocycles. The number of nitrogens with zero attached hydrogens (tertiary/aromatic N) is 3. The van der Waals surface area contributed by atoms with E-state index in [0.717, 1.165) is 0 Å². The zero-order valence-corrected chi connectivity index (χ0v) is 12.3. The molecule has 2 N–H and O–H groups in total. The van der Waals surface area contributed by atoms with E-state index in [1.54, 1.807) is 44.9 Å². The Hall–Kier alpha value is -2.41. The van der Waals surface area contributed by atoms with E-state index in [-0.39, 0.29) is 5.91 Å². The third kappa shape index (κ3) is 1.97. The first-order valence-electron chi connectivity index (χ1n) is 6.53. The van der Waals surface area contributed by atoms with E-state index in [0.29, 0.717) is 34.0 Å². The molecule has 1 aliphatic heterocycles. The van der Waals surface area contributed by atoms with Crippen LogP contribution in [-0.4, -0.2) is 33.7 Å². The van der Waals surface area contributed by atoms with E-state index >= 15 is 0 Å². The van der Waals surface area contributed by atoms with Crippen molar-refractivity contribution in [3.8, 4) is 5.75 Å². The van der Waals surface area contributed by atoms with Gasteiger partial charge in [-0.3, -0.25) is 15.5 Å². The Bertz CT molecular complexity index is 757. The van der Waals surface area contributed by atoms with E-state index in [9.17, 15) is 10.0 Å². The molecule has 2 aromatic rings. The van der Waals surface area contributed by atoms with Gasteiger partial charge in [-0.05, 0) is 26.8 Å².